The van der Waals surface area contributed by atoms with Gasteiger partial charge in [0.2, 0.25) is 0 Å². The molecule has 0 radical (unpaired) electrons. The predicted octanol–water partition coefficient (Wildman–Crippen LogP) is 0.294. The van der Waals surface area contributed by atoms with Crippen molar-refractivity contribution in [2.24, 2.45) is 0 Å². The van der Waals surface area contributed by atoms with E-state index in [1.54, 1.807) is 7.05 Å². The van der Waals surface area contributed by atoms with Crippen molar-refractivity contribution < 1.29 is 9.63 Å². The Morgan fingerprint density at radius 1 is 1.88 bits per heavy atom. The van der Waals surface area contributed by atoms with Crippen LogP contribution < -0.4 is 0 Å². The van der Waals surface area contributed by atoms with E-state index in [4.69, 9.17) is 4.84 Å². The molecule has 3 nitrogen and oxygen atoms in total. The van der Waals surface area contributed by atoms with Crippen LogP contribution in [0.5, 0.6) is 0 Å². The molecule has 0 unspecified atom stereocenters. The molecule has 0 spiro atoms. The second-order valence-corrected chi connectivity index (χ2v) is 1.70. The summed E-state index contributed by atoms with van der Waals surface area (Å²) in [6.45, 7) is 3.47. The summed E-state index contributed by atoms with van der Waals surface area (Å²) in [4.78, 5) is 15.3. The van der Waals surface area contributed by atoms with Crippen molar-refractivity contribution in [2.45, 2.75) is 6.42 Å². The van der Waals surface area contributed by atoms with Crippen molar-refractivity contribution in [3.05, 3.63) is 12.3 Å². The Balaban J connectivity index is 2.64. The lowest BCUT2D eigenvalue weighted by atomic mass is 10.4. The number of amides is 1. The Kier molecular flexibility index (Phi) is 0.970. The van der Waals surface area contributed by atoms with E-state index in [9.17, 15) is 4.79 Å². The smallest absolute Gasteiger partial charge is 0.262 e. The van der Waals surface area contributed by atoms with Crippen LogP contribution in [-0.4, -0.2) is 18.0 Å². The molecule has 0 aromatic carbocycles. The maximum absolute atomic E-state index is 10.5. The molecule has 44 valence electrons. The fraction of sp³-hybridized carbons (Fsp3) is 0.400. The van der Waals surface area contributed by atoms with Crippen LogP contribution >= 0.6 is 0 Å². The lowest BCUT2D eigenvalue weighted by Crippen LogP contribution is -2.16. The van der Waals surface area contributed by atoms with Gasteiger partial charge in [-0.15, -0.1) is 0 Å². The molecule has 0 aliphatic carbocycles. The maximum atomic E-state index is 10.5. The van der Waals surface area contributed by atoms with Gasteiger partial charge in [0.05, 0.1) is 6.42 Å². The number of nitrogens with zero attached hydrogens (tertiary/aromatic N) is 1. The highest BCUT2D eigenvalue weighted by molar-refractivity contribution is 5.78. The van der Waals surface area contributed by atoms with Gasteiger partial charge in [-0.25, -0.2) is 0 Å². The molecule has 1 heterocycles. The topological polar surface area (TPSA) is 29.5 Å². The summed E-state index contributed by atoms with van der Waals surface area (Å²) in [7, 11) is 1.57. The minimum Gasteiger partial charge on any atom is -0.382 e. The average molecular weight is 113 g/mol. The van der Waals surface area contributed by atoms with Crippen molar-refractivity contribution in [1.82, 2.24) is 5.06 Å². The number of hydrogen-bond acceptors (Lipinski definition) is 2. The van der Waals surface area contributed by atoms with Crippen LogP contribution in [0, 0.1) is 0 Å². The second kappa shape index (κ2) is 1.51. The molecule has 0 N–H and O–H groups in total. The third-order valence-corrected chi connectivity index (χ3v) is 0.966. The minimum absolute atomic E-state index is 0.0324. The molecule has 1 fully saturated rings. The third-order valence-electron chi connectivity index (χ3n) is 0.966. The van der Waals surface area contributed by atoms with Crippen LogP contribution in [0.2, 0.25) is 0 Å². The summed E-state index contributed by atoms with van der Waals surface area (Å²) >= 11 is 0. The van der Waals surface area contributed by atoms with Gasteiger partial charge in [-0.2, -0.15) is 5.06 Å². The van der Waals surface area contributed by atoms with Gasteiger partial charge in [0.25, 0.3) is 5.91 Å². The van der Waals surface area contributed by atoms with Gasteiger partial charge in [-0.05, 0) is 0 Å². The average Bonchev–Trinajstić information content (AvgIpc) is 1.85. The molecule has 0 aromatic rings. The van der Waals surface area contributed by atoms with Crippen LogP contribution in [0.3, 0.4) is 0 Å². The van der Waals surface area contributed by atoms with Crippen molar-refractivity contribution in [1.29, 1.82) is 0 Å². The van der Waals surface area contributed by atoms with Crippen LogP contribution in [0.1, 0.15) is 6.42 Å². The highest BCUT2D eigenvalue weighted by Crippen LogP contribution is 2.13. The van der Waals surface area contributed by atoms with Gasteiger partial charge in [0.1, 0.15) is 5.76 Å². The molecule has 1 aliphatic rings. The summed E-state index contributed by atoms with van der Waals surface area (Å²) < 4.78 is 0. The zero-order valence-electron chi connectivity index (χ0n) is 4.68. The predicted molar refractivity (Wildman–Crippen MR) is 27.6 cm³/mol. The quantitative estimate of drug-likeness (QED) is 0.452. The zero-order chi connectivity index (χ0) is 6.15. The summed E-state index contributed by atoms with van der Waals surface area (Å²) in [6, 6.07) is 0. The van der Waals surface area contributed by atoms with Crippen molar-refractivity contribution in [3.8, 4) is 0 Å². The molecule has 1 saturated heterocycles. The molecule has 1 aliphatic heterocycles. The number of hydrogen-bond donors (Lipinski definition) is 0. The highest BCUT2D eigenvalue weighted by atomic mass is 16.7. The first-order valence-electron chi connectivity index (χ1n) is 2.32. The lowest BCUT2D eigenvalue weighted by Gasteiger charge is -2.04. The Labute approximate surface area is 47.5 Å². The monoisotopic (exact) mass is 113 g/mol. The zero-order valence-corrected chi connectivity index (χ0v) is 4.68. The van der Waals surface area contributed by atoms with Gasteiger partial charge in [-0.1, -0.05) is 6.58 Å². The Morgan fingerprint density at radius 3 is 2.62 bits per heavy atom. The van der Waals surface area contributed by atoms with Crippen LogP contribution in [0.4, 0.5) is 0 Å². The normalized spacial score (nSPS) is 19.4. The van der Waals surface area contributed by atoms with E-state index >= 15 is 0 Å². The van der Waals surface area contributed by atoms with Crippen molar-refractivity contribution >= 4 is 5.91 Å². The highest BCUT2D eigenvalue weighted by Gasteiger charge is 2.20. The number of carbonyl (C=O) groups is 1. The van der Waals surface area contributed by atoms with E-state index in [-0.39, 0.29) is 5.91 Å². The van der Waals surface area contributed by atoms with Gasteiger partial charge in [0, 0.05) is 7.05 Å². The number of rotatable bonds is 0. The Morgan fingerprint density at radius 2 is 2.50 bits per heavy atom. The summed E-state index contributed by atoms with van der Waals surface area (Å²) in [5, 5.41) is 1.18. The molecule has 1 rings (SSSR count). The van der Waals surface area contributed by atoms with E-state index in [0.717, 1.165) is 0 Å². The van der Waals surface area contributed by atoms with E-state index in [1.807, 2.05) is 0 Å². The fourth-order valence-corrected chi connectivity index (χ4v) is 0.557. The van der Waals surface area contributed by atoms with Gasteiger partial charge in [-0.3, -0.25) is 4.79 Å². The van der Waals surface area contributed by atoms with Gasteiger partial charge < -0.3 is 4.84 Å². The number of carbonyl (C=O) groups excluding carboxylic acids is 1. The second-order valence-electron chi connectivity index (χ2n) is 1.70. The SMILES string of the molecule is C=C1CC(=O)N(C)O1. The first-order chi connectivity index (χ1) is 3.70. The van der Waals surface area contributed by atoms with E-state index in [0.29, 0.717) is 12.2 Å². The summed E-state index contributed by atoms with van der Waals surface area (Å²) in [5.74, 6) is 0.493. The summed E-state index contributed by atoms with van der Waals surface area (Å²) in [6.07, 6.45) is 0.330. The largest absolute Gasteiger partial charge is 0.382 e. The molecule has 3 heteroatoms. The van der Waals surface area contributed by atoms with Gasteiger partial charge >= 0.3 is 0 Å². The number of hydroxylamine groups is 2. The van der Waals surface area contributed by atoms with Gasteiger partial charge in [0.15, 0.2) is 0 Å². The standard InChI is InChI=1S/C5H7NO2/c1-4-3-5(7)6(2)8-4/h1,3H2,2H3. The molecule has 0 atom stereocenters. The molecule has 1 amide bonds. The Hall–Kier alpha value is -0.990. The first-order valence-corrected chi connectivity index (χ1v) is 2.32. The molecule has 0 bridgehead atoms. The molecule has 0 aromatic heterocycles. The van der Waals surface area contributed by atoms with Crippen LogP contribution in [0.25, 0.3) is 0 Å². The maximum Gasteiger partial charge on any atom is 0.262 e. The van der Waals surface area contributed by atoms with Crippen LogP contribution in [0.15, 0.2) is 12.3 Å². The minimum atomic E-state index is -0.0324. The van der Waals surface area contributed by atoms with Crippen molar-refractivity contribution in [3.63, 3.8) is 0 Å². The molecular formula is C5H7NO2. The van der Waals surface area contributed by atoms with Crippen molar-refractivity contribution in [2.75, 3.05) is 7.05 Å². The van der Waals surface area contributed by atoms with E-state index in [1.165, 1.54) is 5.06 Å². The lowest BCUT2D eigenvalue weighted by molar-refractivity contribution is -0.149. The molecule has 0 saturated carbocycles. The van der Waals surface area contributed by atoms with Crippen LogP contribution in [-0.2, 0) is 9.63 Å². The molecular weight excluding hydrogens is 106 g/mol. The summed E-state index contributed by atoms with van der Waals surface area (Å²) in [5.41, 5.74) is 0. The molecule has 8 heavy (non-hydrogen) atoms. The third kappa shape index (κ3) is 0.665. The van der Waals surface area contributed by atoms with E-state index < -0.39 is 0 Å². The Bertz CT molecular complexity index is 141. The first kappa shape index (κ1) is 5.15. The fourth-order valence-electron chi connectivity index (χ4n) is 0.557. The van der Waals surface area contributed by atoms with E-state index in [2.05, 4.69) is 6.58 Å².